The highest BCUT2D eigenvalue weighted by atomic mass is 16.5. The Morgan fingerprint density at radius 3 is 2.89 bits per heavy atom. The molecule has 0 saturated carbocycles. The maximum Gasteiger partial charge on any atom is 0.230 e. The van der Waals surface area contributed by atoms with Gasteiger partial charge in [-0.25, -0.2) is 0 Å². The Morgan fingerprint density at radius 1 is 1.39 bits per heavy atom. The molecule has 1 aromatic heterocycles. The highest BCUT2D eigenvalue weighted by molar-refractivity contribution is 5.35. The van der Waals surface area contributed by atoms with Gasteiger partial charge in [0.2, 0.25) is 5.89 Å². The maximum absolute atomic E-state index is 5.56. The zero-order valence-corrected chi connectivity index (χ0v) is 10.6. The van der Waals surface area contributed by atoms with Crippen molar-refractivity contribution < 1.29 is 9.26 Å². The van der Waals surface area contributed by atoms with E-state index in [1.165, 1.54) is 0 Å². The smallest absolute Gasteiger partial charge is 0.230 e. The van der Waals surface area contributed by atoms with Crippen molar-refractivity contribution >= 4 is 0 Å². The molecule has 5 nitrogen and oxygen atoms in total. The number of hydrogen-bond acceptors (Lipinski definition) is 5. The number of benzene rings is 1. The van der Waals surface area contributed by atoms with E-state index in [0.29, 0.717) is 24.7 Å². The molecule has 1 unspecified atom stereocenters. The Bertz CT molecular complexity index is 510. The van der Waals surface area contributed by atoms with Gasteiger partial charge in [-0.3, -0.25) is 0 Å². The van der Waals surface area contributed by atoms with Crippen LogP contribution in [0.2, 0.25) is 0 Å². The summed E-state index contributed by atoms with van der Waals surface area (Å²) in [7, 11) is 1.65. The first kappa shape index (κ1) is 12.6. The summed E-state index contributed by atoms with van der Waals surface area (Å²) in [6.45, 7) is 2.46. The molecular formula is C13H17N3O2. The van der Waals surface area contributed by atoms with Crippen LogP contribution in [0.4, 0.5) is 0 Å². The minimum absolute atomic E-state index is 0.0870. The SMILES string of the molecule is COc1ccccc1Cc1noc(C(C)CN)n1. The van der Waals surface area contributed by atoms with Crippen LogP contribution >= 0.6 is 0 Å². The molecule has 0 aliphatic carbocycles. The summed E-state index contributed by atoms with van der Waals surface area (Å²) in [6.07, 6.45) is 0.588. The maximum atomic E-state index is 5.56. The molecule has 0 fully saturated rings. The second-order valence-corrected chi connectivity index (χ2v) is 4.17. The third-order valence-corrected chi connectivity index (χ3v) is 2.80. The molecule has 1 aromatic carbocycles. The number of ether oxygens (including phenoxy) is 1. The van der Waals surface area contributed by atoms with Gasteiger partial charge < -0.3 is 15.0 Å². The molecule has 2 rings (SSSR count). The monoisotopic (exact) mass is 247 g/mol. The van der Waals surface area contributed by atoms with E-state index in [-0.39, 0.29) is 5.92 Å². The lowest BCUT2D eigenvalue weighted by atomic mass is 10.1. The van der Waals surface area contributed by atoms with Gasteiger partial charge in [-0.05, 0) is 6.07 Å². The van der Waals surface area contributed by atoms with E-state index < -0.39 is 0 Å². The minimum atomic E-state index is 0.0870. The van der Waals surface area contributed by atoms with Crippen LogP contribution in [0.3, 0.4) is 0 Å². The van der Waals surface area contributed by atoms with E-state index in [4.69, 9.17) is 15.0 Å². The van der Waals surface area contributed by atoms with E-state index in [2.05, 4.69) is 10.1 Å². The molecule has 0 spiro atoms. The van der Waals surface area contributed by atoms with Crippen LogP contribution in [0.5, 0.6) is 5.75 Å². The molecule has 0 radical (unpaired) electrons. The summed E-state index contributed by atoms with van der Waals surface area (Å²) in [5.74, 6) is 2.15. The number of aromatic nitrogens is 2. The van der Waals surface area contributed by atoms with Crippen molar-refractivity contribution in [2.75, 3.05) is 13.7 Å². The van der Waals surface area contributed by atoms with Gasteiger partial charge in [0.15, 0.2) is 5.82 Å². The molecule has 18 heavy (non-hydrogen) atoms. The highest BCUT2D eigenvalue weighted by Crippen LogP contribution is 2.20. The van der Waals surface area contributed by atoms with E-state index in [1.54, 1.807) is 7.11 Å². The summed E-state index contributed by atoms with van der Waals surface area (Å²) in [5.41, 5.74) is 6.60. The Hall–Kier alpha value is -1.88. The molecule has 0 aliphatic rings. The Morgan fingerprint density at radius 2 is 2.17 bits per heavy atom. The number of nitrogens with two attached hydrogens (primary N) is 1. The third-order valence-electron chi connectivity index (χ3n) is 2.80. The van der Waals surface area contributed by atoms with Gasteiger partial charge in [0.25, 0.3) is 0 Å². The quantitative estimate of drug-likeness (QED) is 0.871. The standard InChI is InChI=1S/C13H17N3O2/c1-9(8-14)13-15-12(16-18-13)7-10-5-3-4-6-11(10)17-2/h3-6,9H,7-8,14H2,1-2H3. The molecule has 1 atom stereocenters. The van der Waals surface area contributed by atoms with Gasteiger partial charge in [-0.2, -0.15) is 4.98 Å². The molecule has 0 saturated heterocycles. The van der Waals surface area contributed by atoms with Crippen molar-refractivity contribution in [2.24, 2.45) is 5.73 Å². The molecule has 96 valence electrons. The van der Waals surface area contributed by atoms with Crippen molar-refractivity contribution in [3.8, 4) is 5.75 Å². The zero-order valence-electron chi connectivity index (χ0n) is 10.6. The lowest BCUT2D eigenvalue weighted by Crippen LogP contribution is -2.09. The molecule has 2 N–H and O–H groups in total. The van der Waals surface area contributed by atoms with Crippen LogP contribution in [0.25, 0.3) is 0 Å². The second kappa shape index (κ2) is 5.64. The fraction of sp³-hybridized carbons (Fsp3) is 0.385. The number of hydrogen-bond donors (Lipinski definition) is 1. The highest BCUT2D eigenvalue weighted by Gasteiger charge is 2.14. The first-order valence-corrected chi connectivity index (χ1v) is 5.89. The van der Waals surface area contributed by atoms with E-state index in [9.17, 15) is 0 Å². The van der Waals surface area contributed by atoms with E-state index >= 15 is 0 Å². The number of methoxy groups -OCH3 is 1. The second-order valence-electron chi connectivity index (χ2n) is 4.17. The Labute approximate surface area is 106 Å². The fourth-order valence-electron chi connectivity index (χ4n) is 1.66. The van der Waals surface area contributed by atoms with Crippen LogP contribution in [0.1, 0.15) is 30.1 Å². The Balaban J connectivity index is 2.16. The van der Waals surface area contributed by atoms with E-state index in [1.807, 2.05) is 31.2 Å². The minimum Gasteiger partial charge on any atom is -0.496 e. The average Bonchev–Trinajstić information content (AvgIpc) is 2.87. The number of nitrogens with zero attached hydrogens (tertiary/aromatic N) is 2. The molecule has 2 aromatic rings. The molecule has 5 heteroatoms. The van der Waals surface area contributed by atoms with Gasteiger partial charge in [-0.1, -0.05) is 30.3 Å². The lowest BCUT2D eigenvalue weighted by molar-refractivity contribution is 0.357. The van der Waals surface area contributed by atoms with Crippen molar-refractivity contribution in [1.29, 1.82) is 0 Å². The van der Waals surface area contributed by atoms with E-state index in [0.717, 1.165) is 11.3 Å². The van der Waals surface area contributed by atoms with Crippen LogP contribution in [0, 0.1) is 0 Å². The molecule has 0 bridgehead atoms. The largest absolute Gasteiger partial charge is 0.496 e. The Kier molecular flexibility index (Phi) is 3.94. The normalized spacial score (nSPS) is 12.4. The van der Waals surface area contributed by atoms with Gasteiger partial charge in [-0.15, -0.1) is 0 Å². The van der Waals surface area contributed by atoms with Crippen LogP contribution in [0.15, 0.2) is 28.8 Å². The molecular weight excluding hydrogens is 230 g/mol. The van der Waals surface area contributed by atoms with Gasteiger partial charge >= 0.3 is 0 Å². The zero-order chi connectivity index (χ0) is 13.0. The van der Waals surface area contributed by atoms with Crippen molar-refractivity contribution in [3.63, 3.8) is 0 Å². The summed E-state index contributed by atoms with van der Waals surface area (Å²) in [6, 6.07) is 7.79. The van der Waals surface area contributed by atoms with Gasteiger partial charge in [0, 0.05) is 24.4 Å². The van der Waals surface area contributed by atoms with Gasteiger partial charge in [0.05, 0.1) is 7.11 Å². The van der Waals surface area contributed by atoms with Crippen LogP contribution in [-0.4, -0.2) is 23.8 Å². The average molecular weight is 247 g/mol. The predicted molar refractivity (Wildman–Crippen MR) is 67.6 cm³/mol. The fourth-order valence-corrected chi connectivity index (χ4v) is 1.66. The van der Waals surface area contributed by atoms with Gasteiger partial charge in [0.1, 0.15) is 5.75 Å². The third kappa shape index (κ3) is 2.68. The molecule has 0 aliphatic heterocycles. The van der Waals surface area contributed by atoms with Crippen molar-refractivity contribution in [3.05, 3.63) is 41.5 Å². The molecule has 1 heterocycles. The number of para-hydroxylation sites is 1. The molecule has 0 amide bonds. The summed E-state index contributed by atoms with van der Waals surface area (Å²) < 4.78 is 10.5. The lowest BCUT2D eigenvalue weighted by Gasteiger charge is -2.05. The summed E-state index contributed by atoms with van der Waals surface area (Å²) in [5, 5.41) is 3.96. The van der Waals surface area contributed by atoms with Crippen molar-refractivity contribution in [1.82, 2.24) is 10.1 Å². The summed E-state index contributed by atoms with van der Waals surface area (Å²) >= 11 is 0. The topological polar surface area (TPSA) is 74.2 Å². The van der Waals surface area contributed by atoms with Crippen LogP contribution < -0.4 is 10.5 Å². The van der Waals surface area contributed by atoms with Crippen LogP contribution in [-0.2, 0) is 6.42 Å². The first-order chi connectivity index (χ1) is 8.74. The summed E-state index contributed by atoms with van der Waals surface area (Å²) in [4.78, 5) is 4.34. The predicted octanol–water partition coefficient (Wildman–Crippen LogP) is 1.73. The number of rotatable bonds is 5. The first-order valence-electron chi connectivity index (χ1n) is 5.89. The van der Waals surface area contributed by atoms with Crippen molar-refractivity contribution in [2.45, 2.75) is 19.3 Å².